The Morgan fingerprint density at radius 1 is 1.08 bits per heavy atom. The van der Waals surface area contributed by atoms with Crippen LogP contribution in [-0.2, 0) is 17.0 Å². The van der Waals surface area contributed by atoms with E-state index in [0.717, 1.165) is 17.5 Å². The Morgan fingerprint density at radius 3 is 2.47 bits per heavy atom. The van der Waals surface area contributed by atoms with Crippen LogP contribution in [0.2, 0.25) is 0 Å². The predicted molar refractivity (Wildman–Crippen MR) is 139 cm³/mol. The Labute approximate surface area is 216 Å². The first kappa shape index (κ1) is 24.0. The van der Waals surface area contributed by atoms with Crippen molar-refractivity contribution >= 4 is 39.9 Å². The van der Waals surface area contributed by atoms with Gasteiger partial charge in [-0.1, -0.05) is 84.1 Å². The highest BCUT2D eigenvalue weighted by atomic mass is 32.2. The van der Waals surface area contributed by atoms with Gasteiger partial charge in [-0.3, -0.25) is 14.5 Å². The van der Waals surface area contributed by atoms with Crippen LogP contribution in [0.15, 0.2) is 87.0 Å². The van der Waals surface area contributed by atoms with Gasteiger partial charge in [0.2, 0.25) is 10.9 Å². The largest absolute Gasteiger partial charge is 0.503 e. The molecular weight excluding hydrogens is 494 g/mol. The molecule has 0 saturated heterocycles. The normalized spacial score (nSPS) is 15.7. The van der Waals surface area contributed by atoms with Crippen LogP contribution in [0.5, 0.6) is 0 Å². The number of thioether (sulfide) groups is 1. The van der Waals surface area contributed by atoms with Crippen molar-refractivity contribution in [1.29, 1.82) is 0 Å². The zero-order chi connectivity index (χ0) is 25.2. The Balaban J connectivity index is 1.48. The molecule has 5 rings (SSSR count). The monoisotopic (exact) mass is 517 g/mol. The number of aromatic nitrogens is 2. The molecule has 0 spiro atoms. The van der Waals surface area contributed by atoms with Crippen molar-refractivity contribution in [3.63, 3.8) is 0 Å². The van der Waals surface area contributed by atoms with Crippen LogP contribution in [0, 0.1) is 6.92 Å². The van der Waals surface area contributed by atoms with Crippen LogP contribution in [0.3, 0.4) is 0 Å². The standard InChI is InChI=1S/C27H23N3O4S2/c1-3-17-10-12-19(13-11-17)22-21(23(31)20-5-4-14-34-20)24(32)25(33)30(22)26-28-29-27(36-26)35-15-18-8-6-16(2)7-9-18/h4-14,22,32H,3,15H2,1-2H3. The van der Waals surface area contributed by atoms with Gasteiger partial charge in [0, 0.05) is 5.75 Å². The van der Waals surface area contributed by atoms with Crippen molar-refractivity contribution in [3.8, 4) is 0 Å². The summed E-state index contributed by atoms with van der Waals surface area (Å²) in [5, 5.41) is 19.7. The molecule has 1 amide bonds. The summed E-state index contributed by atoms with van der Waals surface area (Å²) in [6.07, 6.45) is 2.23. The fourth-order valence-corrected chi connectivity index (χ4v) is 5.84. The van der Waals surface area contributed by atoms with Gasteiger partial charge < -0.3 is 9.52 Å². The van der Waals surface area contributed by atoms with E-state index in [9.17, 15) is 14.7 Å². The molecule has 2 aromatic carbocycles. The van der Waals surface area contributed by atoms with E-state index in [1.807, 2.05) is 31.2 Å². The number of rotatable bonds is 8. The van der Waals surface area contributed by atoms with Crippen molar-refractivity contribution in [3.05, 3.63) is 106 Å². The number of nitrogens with zero attached hydrogens (tertiary/aromatic N) is 3. The van der Waals surface area contributed by atoms with E-state index in [1.165, 1.54) is 45.9 Å². The summed E-state index contributed by atoms with van der Waals surface area (Å²) in [4.78, 5) is 27.9. The van der Waals surface area contributed by atoms with E-state index in [-0.39, 0.29) is 11.3 Å². The van der Waals surface area contributed by atoms with Crippen molar-refractivity contribution in [2.45, 2.75) is 36.4 Å². The van der Waals surface area contributed by atoms with Gasteiger partial charge in [0.25, 0.3) is 5.91 Å². The lowest BCUT2D eigenvalue weighted by molar-refractivity contribution is -0.117. The molecule has 0 fully saturated rings. The smallest absolute Gasteiger partial charge is 0.296 e. The molecule has 0 saturated carbocycles. The molecule has 1 aliphatic rings. The molecule has 9 heteroatoms. The van der Waals surface area contributed by atoms with E-state index in [0.29, 0.717) is 20.8 Å². The number of aliphatic hydroxyl groups excluding tert-OH is 1. The average Bonchev–Trinajstić information content (AvgIpc) is 3.64. The van der Waals surface area contributed by atoms with Crippen LogP contribution in [0.25, 0.3) is 0 Å². The Morgan fingerprint density at radius 2 is 1.81 bits per heavy atom. The molecule has 7 nitrogen and oxygen atoms in total. The van der Waals surface area contributed by atoms with E-state index < -0.39 is 23.5 Å². The first-order chi connectivity index (χ1) is 17.5. The number of aliphatic hydroxyl groups is 1. The number of benzene rings is 2. The van der Waals surface area contributed by atoms with E-state index in [1.54, 1.807) is 6.07 Å². The Hall–Kier alpha value is -3.69. The van der Waals surface area contributed by atoms with Crippen molar-refractivity contribution in [1.82, 2.24) is 10.2 Å². The summed E-state index contributed by atoms with van der Waals surface area (Å²) < 4.78 is 5.97. The third-order valence-corrected chi connectivity index (χ3v) is 8.11. The molecular formula is C27H23N3O4S2. The maximum absolute atomic E-state index is 13.3. The van der Waals surface area contributed by atoms with Gasteiger partial charge >= 0.3 is 0 Å². The average molecular weight is 518 g/mol. The van der Waals surface area contributed by atoms with Gasteiger partial charge in [-0.15, -0.1) is 10.2 Å². The number of amides is 1. The minimum atomic E-state index is -0.857. The maximum Gasteiger partial charge on any atom is 0.296 e. The van der Waals surface area contributed by atoms with Gasteiger partial charge in [-0.05, 0) is 42.2 Å². The van der Waals surface area contributed by atoms with Crippen molar-refractivity contribution < 1.29 is 19.1 Å². The molecule has 2 aromatic heterocycles. The SMILES string of the molecule is CCc1ccc(C2C(C(=O)c3ccco3)=C(O)C(=O)N2c2nnc(SCc3ccc(C)cc3)s2)cc1. The van der Waals surface area contributed by atoms with Crippen LogP contribution >= 0.6 is 23.1 Å². The number of hydrogen-bond donors (Lipinski definition) is 1. The van der Waals surface area contributed by atoms with Crippen LogP contribution in [-0.4, -0.2) is 27.0 Å². The third-order valence-electron chi connectivity index (χ3n) is 5.99. The topological polar surface area (TPSA) is 96.5 Å². The molecule has 36 heavy (non-hydrogen) atoms. The Kier molecular flexibility index (Phi) is 6.75. The molecule has 1 aliphatic heterocycles. The predicted octanol–water partition coefficient (Wildman–Crippen LogP) is 6.08. The van der Waals surface area contributed by atoms with Gasteiger partial charge in [-0.2, -0.15) is 0 Å². The summed E-state index contributed by atoms with van der Waals surface area (Å²) in [5.41, 5.74) is 4.11. The quantitative estimate of drug-likeness (QED) is 0.172. The number of ketones is 1. The number of anilines is 1. The maximum atomic E-state index is 13.3. The summed E-state index contributed by atoms with van der Waals surface area (Å²) in [6, 6.07) is 18.1. The van der Waals surface area contributed by atoms with Gasteiger partial charge in [0.05, 0.1) is 17.9 Å². The second-order valence-corrected chi connectivity index (χ2v) is 10.5. The van der Waals surface area contributed by atoms with E-state index in [4.69, 9.17) is 4.42 Å². The van der Waals surface area contributed by atoms with E-state index >= 15 is 0 Å². The van der Waals surface area contributed by atoms with Crippen LogP contribution in [0.1, 0.15) is 45.8 Å². The summed E-state index contributed by atoms with van der Waals surface area (Å²) in [6.45, 7) is 4.09. The van der Waals surface area contributed by atoms with Gasteiger partial charge in [-0.25, -0.2) is 0 Å². The molecule has 1 atom stereocenters. The highest BCUT2D eigenvalue weighted by molar-refractivity contribution is 8.00. The van der Waals surface area contributed by atoms with Gasteiger partial charge in [0.1, 0.15) is 0 Å². The summed E-state index contributed by atoms with van der Waals surface area (Å²) in [5.74, 6) is -1.09. The zero-order valence-electron chi connectivity index (χ0n) is 19.7. The molecule has 0 radical (unpaired) electrons. The molecule has 0 bridgehead atoms. The molecule has 182 valence electrons. The van der Waals surface area contributed by atoms with Crippen molar-refractivity contribution in [2.24, 2.45) is 0 Å². The highest BCUT2D eigenvalue weighted by Crippen LogP contribution is 2.44. The zero-order valence-corrected chi connectivity index (χ0v) is 21.3. The molecule has 1 N–H and O–H groups in total. The highest BCUT2D eigenvalue weighted by Gasteiger charge is 2.46. The summed E-state index contributed by atoms with van der Waals surface area (Å²) >= 11 is 2.77. The lowest BCUT2D eigenvalue weighted by Gasteiger charge is -2.24. The number of carbonyl (C=O) groups is 2. The lowest BCUT2D eigenvalue weighted by Crippen LogP contribution is -2.31. The minimum Gasteiger partial charge on any atom is -0.503 e. The fraction of sp³-hybridized carbons (Fsp3) is 0.185. The molecule has 4 aromatic rings. The fourth-order valence-electron chi connectivity index (χ4n) is 4.01. The Bertz CT molecular complexity index is 1420. The number of Topliss-reactive ketones (excluding diaryl/α,β-unsaturated/α-hetero) is 1. The third kappa shape index (κ3) is 4.59. The number of hydrogen-bond acceptors (Lipinski definition) is 8. The number of furan rings is 1. The second-order valence-electron chi connectivity index (χ2n) is 8.37. The van der Waals surface area contributed by atoms with Crippen molar-refractivity contribution in [2.75, 3.05) is 4.90 Å². The number of aryl methyl sites for hydroxylation is 2. The summed E-state index contributed by atoms with van der Waals surface area (Å²) in [7, 11) is 0. The first-order valence-corrected chi connectivity index (χ1v) is 13.2. The van der Waals surface area contributed by atoms with Gasteiger partial charge in [0.15, 0.2) is 15.9 Å². The molecule has 1 unspecified atom stereocenters. The van der Waals surface area contributed by atoms with Crippen LogP contribution < -0.4 is 4.90 Å². The first-order valence-electron chi connectivity index (χ1n) is 11.4. The second kappa shape index (κ2) is 10.1. The molecule has 0 aliphatic carbocycles. The van der Waals surface area contributed by atoms with Crippen LogP contribution in [0.4, 0.5) is 5.13 Å². The molecule has 3 heterocycles. The minimum absolute atomic E-state index is 0.0387. The van der Waals surface area contributed by atoms with E-state index in [2.05, 4.69) is 41.4 Å². The lowest BCUT2D eigenvalue weighted by atomic mass is 9.94. The number of carbonyl (C=O) groups excluding carboxylic acids is 2.